The molecule has 6 heteroatoms. The van der Waals surface area contributed by atoms with Crippen molar-refractivity contribution in [3.8, 4) is 5.75 Å². The van der Waals surface area contributed by atoms with E-state index in [1.165, 1.54) is 10.5 Å². The molecule has 2 amide bonds. The van der Waals surface area contributed by atoms with E-state index >= 15 is 0 Å². The first kappa shape index (κ1) is 22.2. The zero-order valence-corrected chi connectivity index (χ0v) is 18.9. The molecule has 1 fully saturated rings. The number of halogens is 1. The lowest BCUT2D eigenvalue weighted by atomic mass is 10.1. The first-order chi connectivity index (χ1) is 15.6. The van der Waals surface area contributed by atoms with E-state index in [0.29, 0.717) is 28.8 Å². The van der Waals surface area contributed by atoms with Crippen molar-refractivity contribution in [3.05, 3.63) is 105 Å². The van der Waals surface area contributed by atoms with Gasteiger partial charge in [0, 0.05) is 17.1 Å². The minimum absolute atomic E-state index is 0.228. The average molecular weight is 464 g/mol. The molecule has 0 unspecified atom stereocenters. The molecule has 3 aromatic carbocycles. The number of hydrogen-bond acceptors (Lipinski definition) is 4. The predicted molar refractivity (Wildman–Crippen MR) is 130 cm³/mol. The van der Waals surface area contributed by atoms with Crippen molar-refractivity contribution in [2.75, 3.05) is 6.54 Å². The van der Waals surface area contributed by atoms with E-state index in [1.807, 2.05) is 66.7 Å². The van der Waals surface area contributed by atoms with Gasteiger partial charge in [-0.05, 0) is 60.0 Å². The third-order valence-electron chi connectivity index (χ3n) is 5.08. The number of rotatable bonds is 8. The molecule has 32 heavy (non-hydrogen) atoms. The van der Waals surface area contributed by atoms with Crippen LogP contribution in [-0.4, -0.2) is 22.6 Å². The molecule has 0 radical (unpaired) electrons. The van der Waals surface area contributed by atoms with Crippen LogP contribution in [0.25, 0.3) is 6.08 Å². The summed E-state index contributed by atoms with van der Waals surface area (Å²) in [7, 11) is 0. The van der Waals surface area contributed by atoms with Crippen LogP contribution < -0.4 is 4.74 Å². The number of thioether (sulfide) groups is 1. The van der Waals surface area contributed by atoms with Crippen LogP contribution in [0.2, 0.25) is 5.02 Å². The van der Waals surface area contributed by atoms with E-state index in [2.05, 4.69) is 12.1 Å². The lowest BCUT2D eigenvalue weighted by Crippen LogP contribution is -2.29. The van der Waals surface area contributed by atoms with Crippen molar-refractivity contribution in [2.24, 2.45) is 0 Å². The fraction of sp³-hybridized carbons (Fsp3) is 0.154. The molecule has 0 spiro atoms. The molecule has 0 N–H and O–H groups in total. The van der Waals surface area contributed by atoms with Crippen molar-refractivity contribution in [1.82, 2.24) is 4.90 Å². The third kappa shape index (κ3) is 5.61. The molecule has 3 aromatic rings. The van der Waals surface area contributed by atoms with E-state index < -0.39 is 0 Å². The van der Waals surface area contributed by atoms with Crippen molar-refractivity contribution in [2.45, 2.75) is 19.4 Å². The summed E-state index contributed by atoms with van der Waals surface area (Å²) in [6, 6.07) is 25.0. The van der Waals surface area contributed by atoms with Gasteiger partial charge < -0.3 is 4.74 Å². The highest BCUT2D eigenvalue weighted by atomic mass is 35.5. The number of amides is 2. The first-order valence-corrected chi connectivity index (χ1v) is 11.6. The normalized spacial score (nSPS) is 14.9. The largest absolute Gasteiger partial charge is 0.488 e. The zero-order chi connectivity index (χ0) is 22.3. The molecule has 0 aliphatic carbocycles. The molecule has 1 saturated heterocycles. The molecule has 1 aliphatic heterocycles. The standard InChI is InChI=1S/C26H22ClNO3S/c27-22-14-12-20(13-15-22)18-31-23-11-5-4-10-21(23)17-24-25(29)28(26(30)32-24)16-6-9-19-7-2-1-3-8-19/h1-5,7-8,10-15,17H,6,9,16,18H2/b24-17+. The predicted octanol–water partition coefficient (Wildman–Crippen LogP) is 6.59. The van der Waals surface area contributed by atoms with Gasteiger partial charge in [0.2, 0.25) is 0 Å². The summed E-state index contributed by atoms with van der Waals surface area (Å²) in [4.78, 5) is 27.0. The third-order valence-corrected chi connectivity index (χ3v) is 6.24. The van der Waals surface area contributed by atoms with Gasteiger partial charge in [-0.2, -0.15) is 0 Å². The summed E-state index contributed by atoms with van der Waals surface area (Å²) in [6.45, 7) is 0.786. The molecule has 0 aromatic heterocycles. The molecule has 0 atom stereocenters. The van der Waals surface area contributed by atoms with Gasteiger partial charge in [-0.1, -0.05) is 72.3 Å². The molecule has 162 valence electrons. The van der Waals surface area contributed by atoms with Gasteiger partial charge in [-0.3, -0.25) is 14.5 Å². The van der Waals surface area contributed by atoms with Crippen LogP contribution in [0.15, 0.2) is 83.8 Å². The molecule has 1 heterocycles. The Morgan fingerprint density at radius 2 is 1.59 bits per heavy atom. The van der Waals surface area contributed by atoms with Gasteiger partial charge in [0.05, 0.1) is 4.91 Å². The Bertz CT molecular complexity index is 1130. The smallest absolute Gasteiger partial charge is 0.293 e. The van der Waals surface area contributed by atoms with Crippen LogP contribution in [0.5, 0.6) is 5.75 Å². The monoisotopic (exact) mass is 463 g/mol. The van der Waals surface area contributed by atoms with Gasteiger partial charge >= 0.3 is 0 Å². The topological polar surface area (TPSA) is 46.6 Å². The number of para-hydroxylation sites is 1. The second kappa shape index (κ2) is 10.5. The maximum atomic E-state index is 12.8. The van der Waals surface area contributed by atoms with Crippen molar-refractivity contribution >= 4 is 40.6 Å². The molecule has 4 nitrogen and oxygen atoms in total. The summed E-state index contributed by atoms with van der Waals surface area (Å²) in [5, 5.41) is 0.447. The van der Waals surface area contributed by atoms with E-state index in [9.17, 15) is 9.59 Å². The Balaban J connectivity index is 1.41. The molecule has 0 saturated carbocycles. The molecule has 4 rings (SSSR count). The fourth-order valence-corrected chi connectivity index (χ4v) is 4.37. The second-order valence-corrected chi connectivity index (χ2v) is 8.81. The Kier molecular flexibility index (Phi) is 7.30. The first-order valence-electron chi connectivity index (χ1n) is 10.4. The van der Waals surface area contributed by atoms with Crippen molar-refractivity contribution in [1.29, 1.82) is 0 Å². The van der Waals surface area contributed by atoms with E-state index in [0.717, 1.165) is 35.7 Å². The van der Waals surface area contributed by atoms with Crippen LogP contribution in [0.1, 0.15) is 23.1 Å². The van der Waals surface area contributed by atoms with Crippen LogP contribution >= 0.6 is 23.4 Å². The van der Waals surface area contributed by atoms with Crippen LogP contribution in [0, 0.1) is 0 Å². The Morgan fingerprint density at radius 3 is 2.38 bits per heavy atom. The summed E-state index contributed by atoms with van der Waals surface area (Å²) in [5.74, 6) is 0.402. The molecular weight excluding hydrogens is 442 g/mol. The number of aryl methyl sites for hydroxylation is 1. The maximum Gasteiger partial charge on any atom is 0.293 e. The number of hydrogen-bond donors (Lipinski definition) is 0. The van der Waals surface area contributed by atoms with Gasteiger partial charge in [-0.15, -0.1) is 0 Å². The van der Waals surface area contributed by atoms with Crippen LogP contribution in [-0.2, 0) is 17.8 Å². The average Bonchev–Trinajstić information content (AvgIpc) is 3.07. The molecule has 1 aliphatic rings. The molecular formula is C26H22ClNO3S. The van der Waals surface area contributed by atoms with Crippen molar-refractivity contribution in [3.63, 3.8) is 0 Å². The highest BCUT2D eigenvalue weighted by Gasteiger charge is 2.34. The van der Waals surface area contributed by atoms with Crippen molar-refractivity contribution < 1.29 is 14.3 Å². The molecule has 0 bridgehead atoms. The van der Waals surface area contributed by atoms with Gasteiger partial charge in [-0.25, -0.2) is 0 Å². The highest BCUT2D eigenvalue weighted by molar-refractivity contribution is 8.18. The van der Waals surface area contributed by atoms with Crippen LogP contribution in [0.3, 0.4) is 0 Å². The number of nitrogens with zero attached hydrogens (tertiary/aromatic N) is 1. The summed E-state index contributed by atoms with van der Waals surface area (Å²) >= 11 is 6.91. The fourth-order valence-electron chi connectivity index (χ4n) is 3.39. The lowest BCUT2D eigenvalue weighted by Gasteiger charge is -2.12. The maximum absolute atomic E-state index is 12.8. The second-order valence-electron chi connectivity index (χ2n) is 7.38. The lowest BCUT2D eigenvalue weighted by molar-refractivity contribution is -0.122. The zero-order valence-electron chi connectivity index (χ0n) is 17.4. The summed E-state index contributed by atoms with van der Waals surface area (Å²) < 4.78 is 5.97. The number of ether oxygens (including phenoxy) is 1. The van der Waals surface area contributed by atoms with Gasteiger partial charge in [0.25, 0.3) is 11.1 Å². The number of carbonyl (C=O) groups is 2. The Hall–Kier alpha value is -3.02. The van der Waals surface area contributed by atoms with Crippen LogP contribution in [0.4, 0.5) is 4.79 Å². The number of benzene rings is 3. The quantitative estimate of drug-likeness (QED) is 0.353. The van der Waals surface area contributed by atoms with Gasteiger partial charge in [0.15, 0.2) is 0 Å². The number of carbonyl (C=O) groups excluding carboxylic acids is 2. The highest BCUT2D eigenvalue weighted by Crippen LogP contribution is 2.34. The Labute approximate surface area is 196 Å². The Morgan fingerprint density at radius 1 is 0.875 bits per heavy atom. The van der Waals surface area contributed by atoms with E-state index in [1.54, 1.807) is 6.08 Å². The van der Waals surface area contributed by atoms with E-state index in [4.69, 9.17) is 16.3 Å². The van der Waals surface area contributed by atoms with Gasteiger partial charge in [0.1, 0.15) is 12.4 Å². The minimum Gasteiger partial charge on any atom is -0.488 e. The summed E-state index contributed by atoms with van der Waals surface area (Å²) in [6.07, 6.45) is 3.29. The number of imide groups is 1. The minimum atomic E-state index is -0.249. The SMILES string of the molecule is O=C1S/C(=C/c2ccccc2OCc2ccc(Cl)cc2)C(=O)N1CCCc1ccccc1. The summed E-state index contributed by atoms with van der Waals surface area (Å²) in [5.41, 5.74) is 2.95. The van der Waals surface area contributed by atoms with E-state index in [-0.39, 0.29) is 11.1 Å².